The van der Waals surface area contributed by atoms with E-state index >= 15 is 0 Å². The van der Waals surface area contributed by atoms with Gasteiger partial charge in [-0.05, 0) is 58.7 Å². The van der Waals surface area contributed by atoms with E-state index in [1.54, 1.807) is 13.2 Å². The van der Waals surface area contributed by atoms with Crippen LogP contribution in [-0.2, 0) is 13.1 Å². The summed E-state index contributed by atoms with van der Waals surface area (Å²) in [6.45, 7) is 15.0. The molecule has 2 aromatic rings. The van der Waals surface area contributed by atoms with Crippen molar-refractivity contribution in [2.24, 2.45) is 0 Å². The fourth-order valence-corrected chi connectivity index (χ4v) is 4.91. The molecule has 1 aromatic heterocycles. The second kappa shape index (κ2) is 9.84. The molecule has 0 saturated carbocycles. The Balaban J connectivity index is 1.95. The lowest BCUT2D eigenvalue weighted by Gasteiger charge is -2.49. The normalized spacial score (nSPS) is 18.0. The minimum Gasteiger partial charge on any atom is -0.493 e. The van der Waals surface area contributed by atoms with E-state index in [0.717, 1.165) is 48.7 Å². The van der Waals surface area contributed by atoms with Gasteiger partial charge in [0.15, 0.2) is 11.5 Å². The van der Waals surface area contributed by atoms with Crippen LogP contribution in [-0.4, -0.2) is 40.7 Å². The second-order valence-corrected chi connectivity index (χ2v) is 9.73. The van der Waals surface area contributed by atoms with Crippen LogP contribution < -0.4 is 14.8 Å². The minimum atomic E-state index is 0.0608. The Morgan fingerprint density at radius 1 is 1.10 bits per heavy atom. The molecule has 0 atom stereocenters. The number of nitrogens with zero attached hydrogens (tertiary/aromatic N) is 2. The zero-order chi connectivity index (χ0) is 22.5. The summed E-state index contributed by atoms with van der Waals surface area (Å²) in [6, 6.07) is 12.6. The van der Waals surface area contributed by atoms with Gasteiger partial charge in [-0.15, -0.1) is 0 Å². The summed E-state index contributed by atoms with van der Waals surface area (Å²) in [7, 11) is 1.68. The van der Waals surface area contributed by atoms with E-state index in [1.807, 2.05) is 24.4 Å². The molecule has 1 N–H and O–H groups in total. The molecule has 0 unspecified atom stereocenters. The number of piperidine rings is 1. The van der Waals surface area contributed by atoms with Crippen LogP contribution in [0.25, 0.3) is 0 Å². The predicted octanol–water partition coefficient (Wildman–Crippen LogP) is 4.97. The number of methoxy groups -OCH3 is 1. The fraction of sp³-hybridized carbons (Fsp3) is 0.500. The first-order valence-corrected chi connectivity index (χ1v) is 11.1. The van der Waals surface area contributed by atoms with Gasteiger partial charge in [-0.2, -0.15) is 0 Å². The lowest BCUT2D eigenvalue weighted by atomic mass is 9.79. The highest BCUT2D eigenvalue weighted by Crippen LogP contribution is 2.36. The molecule has 5 nitrogen and oxygen atoms in total. The van der Waals surface area contributed by atoms with Gasteiger partial charge in [-0.3, -0.25) is 9.88 Å². The Hall–Kier alpha value is -2.37. The zero-order valence-electron chi connectivity index (χ0n) is 19.6. The number of para-hydroxylation sites is 1. The van der Waals surface area contributed by atoms with E-state index in [1.165, 1.54) is 0 Å². The Morgan fingerprint density at radius 2 is 1.84 bits per heavy atom. The first-order chi connectivity index (χ1) is 14.7. The number of aromatic nitrogens is 1. The van der Waals surface area contributed by atoms with Crippen molar-refractivity contribution in [2.75, 3.05) is 13.7 Å². The quantitative estimate of drug-likeness (QED) is 0.577. The highest BCUT2D eigenvalue weighted by atomic mass is 16.5. The molecular weight excluding hydrogens is 386 g/mol. The summed E-state index contributed by atoms with van der Waals surface area (Å²) >= 11 is 0. The first-order valence-electron chi connectivity index (χ1n) is 11.1. The Kier molecular flexibility index (Phi) is 7.39. The largest absolute Gasteiger partial charge is 0.493 e. The maximum atomic E-state index is 6.03. The third kappa shape index (κ3) is 6.31. The van der Waals surface area contributed by atoms with E-state index < -0.39 is 0 Å². The topological polar surface area (TPSA) is 46.6 Å². The molecule has 0 amide bonds. The molecule has 1 aliphatic heterocycles. The van der Waals surface area contributed by atoms with Gasteiger partial charge in [0.25, 0.3) is 0 Å². The van der Waals surface area contributed by atoms with Crippen molar-refractivity contribution in [1.29, 1.82) is 0 Å². The summed E-state index contributed by atoms with van der Waals surface area (Å²) in [5, 5.41) is 3.80. The number of nitrogens with one attached hydrogen (secondary N) is 1. The third-order valence-electron chi connectivity index (χ3n) is 5.78. The Bertz CT molecular complexity index is 848. The molecule has 3 rings (SSSR count). The maximum absolute atomic E-state index is 6.03. The van der Waals surface area contributed by atoms with Crippen LogP contribution in [0.5, 0.6) is 11.5 Å². The van der Waals surface area contributed by atoms with E-state index in [2.05, 4.69) is 67.7 Å². The molecule has 0 aliphatic carbocycles. The van der Waals surface area contributed by atoms with Crippen molar-refractivity contribution >= 4 is 0 Å². The van der Waals surface area contributed by atoms with Crippen LogP contribution in [0.3, 0.4) is 0 Å². The summed E-state index contributed by atoms with van der Waals surface area (Å²) in [6.07, 6.45) is 5.76. The smallest absolute Gasteiger partial charge is 0.166 e. The van der Waals surface area contributed by atoms with Crippen LogP contribution in [0.1, 0.15) is 51.8 Å². The van der Waals surface area contributed by atoms with Gasteiger partial charge in [0.1, 0.15) is 6.61 Å². The number of hydrogen-bond donors (Lipinski definition) is 1. The zero-order valence-corrected chi connectivity index (χ0v) is 19.6. The van der Waals surface area contributed by atoms with Crippen molar-refractivity contribution in [1.82, 2.24) is 15.2 Å². The van der Waals surface area contributed by atoms with Crippen LogP contribution in [0, 0.1) is 0 Å². The number of ether oxygens (including phenoxy) is 2. The molecule has 1 fully saturated rings. The van der Waals surface area contributed by atoms with Gasteiger partial charge in [0.2, 0.25) is 0 Å². The van der Waals surface area contributed by atoms with Crippen LogP contribution in [0.2, 0.25) is 0 Å². The summed E-state index contributed by atoms with van der Waals surface area (Å²) in [4.78, 5) is 7.15. The molecule has 1 saturated heterocycles. The average molecular weight is 424 g/mol. The molecule has 168 valence electrons. The van der Waals surface area contributed by atoms with Crippen molar-refractivity contribution in [3.05, 3.63) is 66.5 Å². The number of hydrogen-bond acceptors (Lipinski definition) is 5. The lowest BCUT2D eigenvalue weighted by molar-refractivity contribution is 0.0550. The molecule has 31 heavy (non-hydrogen) atoms. The van der Waals surface area contributed by atoms with Gasteiger partial charge in [-0.1, -0.05) is 30.9 Å². The standard InChI is InChI=1S/C26H37N3O2/c1-7-15-31-24-20(11-10-13-23(24)30-6)18-29(19-21-12-8-9-14-27-21)22-16-25(2,3)28-26(4,5)17-22/h7-14,22,28H,1,15-19H2,2-6H3. The summed E-state index contributed by atoms with van der Waals surface area (Å²) in [5.74, 6) is 1.55. The third-order valence-corrected chi connectivity index (χ3v) is 5.78. The number of rotatable bonds is 9. The summed E-state index contributed by atoms with van der Waals surface area (Å²) in [5.41, 5.74) is 2.32. The van der Waals surface area contributed by atoms with Crippen LogP contribution >= 0.6 is 0 Å². The van der Waals surface area contributed by atoms with Gasteiger partial charge in [0.05, 0.1) is 12.8 Å². The minimum absolute atomic E-state index is 0.0608. The second-order valence-electron chi connectivity index (χ2n) is 9.73. The van der Waals surface area contributed by atoms with Crippen LogP contribution in [0.4, 0.5) is 0 Å². The highest BCUT2D eigenvalue weighted by Gasteiger charge is 2.40. The fourth-order valence-electron chi connectivity index (χ4n) is 4.91. The molecule has 2 heterocycles. The molecule has 1 aliphatic rings. The van der Waals surface area contributed by atoms with Gasteiger partial charge in [-0.25, -0.2) is 0 Å². The van der Waals surface area contributed by atoms with Crippen molar-refractivity contribution in [3.63, 3.8) is 0 Å². The maximum Gasteiger partial charge on any atom is 0.166 e. The van der Waals surface area contributed by atoms with E-state index in [-0.39, 0.29) is 11.1 Å². The molecule has 0 spiro atoms. The SMILES string of the molecule is C=CCOc1c(CN(Cc2ccccn2)C2CC(C)(C)NC(C)(C)C2)cccc1OC. The first kappa shape index (κ1) is 23.3. The average Bonchev–Trinajstić information content (AvgIpc) is 2.70. The number of benzene rings is 1. The highest BCUT2D eigenvalue weighted by molar-refractivity contribution is 5.46. The lowest BCUT2D eigenvalue weighted by Crippen LogP contribution is -2.62. The van der Waals surface area contributed by atoms with E-state index in [0.29, 0.717) is 12.6 Å². The van der Waals surface area contributed by atoms with Gasteiger partial charge < -0.3 is 14.8 Å². The van der Waals surface area contributed by atoms with Crippen molar-refractivity contribution in [2.45, 2.75) is 70.7 Å². The van der Waals surface area contributed by atoms with Crippen molar-refractivity contribution in [3.8, 4) is 11.5 Å². The molecule has 5 heteroatoms. The van der Waals surface area contributed by atoms with E-state index in [4.69, 9.17) is 9.47 Å². The summed E-state index contributed by atoms with van der Waals surface area (Å²) < 4.78 is 11.6. The Morgan fingerprint density at radius 3 is 2.45 bits per heavy atom. The Labute approximate surface area is 187 Å². The predicted molar refractivity (Wildman–Crippen MR) is 126 cm³/mol. The van der Waals surface area contributed by atoms with Gasteiger partial charge in [0, 0.05) is 42.0 Å². The van der Waals surface area contributed by atoms with Gasteiger partial charge >= 0.3 is 0 Å². The number of pyridine rings is 1. The molecular formula is C26H37N3O2. The van der Waals surface area contributed by atoms with Crippen molar-refractivity contribution < 1.29 is 9.47 Å². The monoisotopic (exact) mass is 423 g/mol. The molecule has 0 radical (unpaired) electrons. The van der Waals surface area contributed by atoms with Crippen LogP contribution in [0.15, 0.2) is 55.3 Å². The molecule has 1 aromatic carbocycles. The van der Waals surface area contributed by atoms with E-state index in [9.17, 15) is 0 Å². The molecule has 0 bridgehead atoms.